The number of nitrogens with one attached hydrogen (secondary N) is 1. The second-order valence-electron chi connectivity index (χ2n) is 6.14. The maximum Gasteiger partial charge on any atom is 0.0218 e. The fourth-order valence-electron chi connectivity index (χ4n) is 3.62. The zero-order chi connectivity index (χ0) is 10.8. The summed E-state index contributed by atoms with van der Waals surface area (Å²) in [5.74, 6) is 2.18. The van der Waals surface area contributed by atoms with Crippen LogP contribution < -0.4 is 5.43 Å². The van der Waals surface area contributed by atoms with Crippen LogP contribution in [0.4, 0.5) is 0 Å². The largest absolute Gasteiger partial charge is 0.252 e. The molecule has 0 spiro atoms. The van der Waals surface area contributed by atoms with Crippen molar-refractivity contribution in [3.63, 3.8) is 0 Å². The van der Waals surface area contributed by atoms with Gasteiger partial charge in [-0.15, -0.1) is 0 Å². The predicted octanol–water partition coefficient (Wildman–Crippen LogP) is 2.95. The van der Waals surface area contributed by atoms with Crippen molar-refractivity contribution in [2.24, 2.45) is 11.8 Å². The molecule has 1 heterocycles. The van der Waals surface area contributed by atoms with Gasteiger partial charge in [0.15, 0.2) is 0 Å². The molecule has 1 saturated heterocycles. The van der Waals surface area contributed by atoms with Crippen LogP contribution in [0.1, 0.15) is 57.8 Å². The molecule has 0 amide bonds. The van der Waals surface area contributed by atoms with Crippen LogP contribution in [0.15, 0.2) is 0 Å². The van der Waals surface area contributed by atoms with Crippen LogP contribution in [-0.2, 0) is 0 Å². The summed E-state index contributed by atoms with van der Waals surface area (Å²) in [4.78, 5) is 0. The van der Waals surface area contributed by atoms with E-state index in [1.54, 1.807) is 0 Å². The Morgan fingerprint density at radius 3 is 2.31 bits per heavy atom. The van der Waals surface area contributed by atoms with Gasteiger partial charge < -0.3 is 0 Å². The summed E-state index contributed by atoms with van der Waals surface area (Å²) in [6.07, 6.45) is 13.1. The van der Waals surface area contributed by atoms with Crippen molar-refractivity contribution in [1.82, 2.24) is 10.4 Å². The van der Waals surface area contributed by atoms with Crippen LogP contribution in [0.3, 0.4) is 0 Å². The average molecular weight is 222 g/mol. The standard InChI is InChI=1S/C14H26N2/c1-2-9-16(10-3-1)15-14-6-4-5-13(11-14)12-7-8-12/h12-15H,1-11H2. The Hall–Kier alpha value is -0.0800. The molecule has 0 aromatic heterocycles. The summed E-state index contributed by atoms with van der Waals surface area (Å²) in [7, 11) is 0. The smallest absolute Gasteiger partial charge is 0.0218 e. The quantitative estimate of drug-likeness (QED) is 0.790. The number of hydrogen-bond acceptors (Lipinski definition) is 2. The maximum absolute atomic E-state index is 3.80. The van der Waals surface area contributed by atoms with Crippen molar-refractivity contribution >= 4 is 0 Å². The van der Waals surface area contributed by atoms with Crippen molar-refractivity contribution < 1.29 is 0 Å². The lowest BCUT2D eigenvalue weighted by Gasteiger charge is -2.36. The molecule has 2 heteroatoms. The van der Waals surface area contributed by atoms with Crippen LogP contribution in [0.5, 0.6) is 0 Å². The van der Waals surface area contributed by atoms with Crippen molar-refractivity contribution in [2.75, 3.05) is 13.1 Å². The molecule has 3 aliphatic rings. The normalized spacial score (nSPS) is 37.5. The molecule has 16 heavy (non-hydrogen) atoms. The maximum atomic E-state index is 3.80. The number of piperidine rings is 1. The van der Waals surface area contributed by atoms with Gasteiger partial charge >= 0.3 is 0 Å². The van der Waals surface area contributed by atoms with Crippen molar-refractivity contribution in [3.05, 3.63) is 0 Å². The van der Waals surface area contributed by atoms with E-state index in [4.69, 9.17) is 0 Å². The molecule has 0 aromatic carbocycles. The highest BCUT2D eigenvalue weighted by atomic mass is 15.5. The van der Waals surface area contributed by atoms with E-state index >= 15 is 0 Å². The lowest BCUT2D eigenvalue weighted by Crippen LogP contribution is -2.48. The van der Waals surface area contributed by atoms with Gasteiger partial charge in [0, 0.05) is 19.1 Å². The molecule has 2 unspecified atom stereocenters. The average Bonchev–Trinajstić information content (AvgIpc) is 3.15. The molecule has 1 aliphatic heterocycles. The molecule has 0 radical (unpaired) electrons. The Kier molecular flexibility index (Phi) is 3.49. The Morgan fingerprint density at radius 1 is 0.750 bits per heavy atom. The third-order valence-electron chi connectivity index (χ3n) is 4.72. The highest BCUT2D eigenvalue weighted by Crippen LogP contribution is 2.43. The minimum atomic E-state index is 0.803. The van der Waals surface area contributed by atoms with E-state index in [0.29, 0.717) is 0 Å². The Labute approximate surface area is 99.7 Å². The Bertz CT molecular complexity index is 219. The number of hydrazine groups is 1. The van der Waals surface area contributed by atoms with E-state index in [9.17, 15) is 0 Å². The summed E-state index contributed by atoms with van der Waals surface area (Å²) in [6.45, 7) is 2.56. The van der Waals surface area contributed by atoms with Gasteiger partial charge in [-0.1, -0.05) is 19.3 Å². The zero-order valence-electron chi connectivity index (χ0n) is 10.5. The molecule has 3 fully saturated rings. The molecule has 1 N–H and O–H groups in total. The topological polar surface area (TPSA) is 15.3 Å². The lowest BCUT2D eigenvalue weighted by molar-refractivity contribution is 0.100. The summed E-state index contributed by atoms with van der Waals surface area (Å²) in [5, 5.41) is 2.50. The molecule has 2 nitrogen and oxygen atoms in total. The third-order valence-corrected chi connectivity index (χ3v) is 4.72. The molecule has 92 valence electrons. The predicted molar refractivity (Wildman–Crippen MR) is 67.0 cm³/mol. The SMILES string of the molecule is C1CCN(NC2CCCC(C3CC3)C2)CC1. The Balaban J connectivity index is 1.46. The summed E-state index contributed by atoms with van der Waals surface area (Å²) in [6, 6.07) is 0.803. The van der Waals surface area contributed by atoms with E-state index in [2.05, 4.69) is 10.4 Å². The van der Waals surface area contributed by atoms with Crippen LogP contribution in [0, 0.1) is 11.8 Å². The fourth-order valence-corrected chi connectivity index (χ4v) is 3.62. The van der Waals surface area contributed by atoms with Crippen LogP contribution >= 0.6 is 0 Å². The lowest BCUT2D eigenvalue weighted by atomic mass is 9.83. The first kappa shape index (κ1) is 11.0. The van der Waals surface area contributed by atoms with E-state index in [1.807, 2.05) is 0 Å². The van der Waals surface area contributed by atoms with E-state index in [-0.39, 0.29) is 0 Å². The van der Waals surface area contributed by atoms with Crippen LogP contribution in [-0.4, -0.2) is 24.1 Å². The van der Waals surface area contributed by atoms with Crippen molar-refractivity contribution in [1.29, 1.82) is 0 Å². The molecule has 2 aliphatic carbocycles. The van der Waals surface area contributed by atoms with Crippen LogP contribution in [0.25, 0.3) is 0 Å². The van der Waals surface area contributed by atoms with Gasteiger partial charge in [-0.2, -0.15) is 0 Å². The van der Waals surface area contributed by atoms with Gasteiger partial charge in [0.25, 0.3) is 0 Å². The van der Waals surface area contributed by atoms with E-state index < -0.39 is 0 Å². The molecule has 0 aromatic rings. The third kappa shape index (κ3) is 2.78. The number of rotatable bonds is 3. The first-order valence-corrected chi connectivity index (χ1v) is 7.43. The highest BCUT2D eigenvalue weighted by Gasteiger charge is 2.35. The van der Waals surface area contributed by atoms with Gasteiger partial charge in [-0.3, -0.25) is 5.43 Å². The molecular formula is C14H26N2. The second-order valence-corrected chi connectivity index (χ2v) is 6.14. The van der Waals surface area contributed by atoms with Gasteiger partial charge in [-0.05, 0) is 50.4 Å². The highest BCUT2D eigenvalue weighted by molar-refractivity contribution is 4.87. The summed E-state index contributed by atoms with van der Waals surface area (Å²) in [5.41, 5.74) is 3.80. The van der Waals surface area contributed by atoms with Gasteiger partial charge in [-0.25, -0.2) is 5.01 Å². The van der Waals surface area contributed by atoms with Crippen molar-refractivity contribution in [3.8, 4) is 0 Å². The second kappa shape index (κ2) is 5.05. The molecule has 0 bridgehead atoms. The van der Waals surface area contributed by atoms with Gasteiger partial charge in [0.1, 0.15) is 0 Å². The van der Waals surface area contributed by atoms with E-state index in [0.717, 1.165) is 17.9 Å². The molecule has 2 atom stereocenters. The Morgan fingerprint density at radius 2 is 1.56 bits per heavy atom. The monoisotopic (exact) mass is 222 g/mol. The zero-order valence-corrected chi connectivity index (χ0v) is 10.5. The summed E-state index contributed by atoms with van der Waals surface area (Å²) >= 11 is 0. The van der Waals surface area contributed by atoms with E-state index in [1.165, 1.54) is 70.9 Å². The molecule has 3 rings (SSSR count). The minimum absolute atomic E-state index is 0.803. The number of nitrogens with zero attached hydrogens (tertiary/aromatic N) is 1. The first-order chi connectivity index (χ1) is 7.92. The van der Waals surface area contributed by atoms with Gasteiger partial charge in [0.2, 0.25) is 0 Å². The first-order valence-electron chi connectivity index (χ1n) is 7.43. The number of hydrogen-bond donors (Lipinski definition) is 1. The molecular weight excluding hydrogens is 196 g/mol. The van der Waals surface area contributed by atoms with Gasteiger partial charge in [0.05, 0.1) is 0 Å². The fraction of sp³-hybridized carbons (Fsp3) is 1.00. The molecule has 2 saturated carbocycles. The summed E-state index contributed by atoms with van der Waals surface area (Å²) < 4.78 is 0. The minimum Gasteiger partial charge on any atom is -0.252 e. The van der Waals surface area contributed by atoms with Crippen LogP contribution in [0.2, 0.25) is 0 Å². The van der Waals surface area contributed by atoms with Crippen molar-refractivity contribution in [2.45, 2.75) is 63.8 Å².